The standard InChI is InChI=1S/C17H16BrNO/c18-15-10-8-14(9-11-15)17(20)19-16(13-6-7-13)12-4-2-1-3-5-12/h1-5,8-11,13,16H,6-7H2,(H,19,20)/t16-/m0/s1. The lowest BCUT2D eigenvalue weighted by atomic mass is 10.0. The summed E-state index contributed by atoms with van der Waals surface area (Å²) in [6.07, 6.45) is 2.39. The van der Waals surface area contributed by atoms with Crippen molar-refractivity contribution in [1.29, 1.82) is 0 Å². The Balaban J connectivity index is 1.77. The summed E-state index contributed by atoms with van der Waals surface area (Å²) >= 11 is 3.38. The van der Waals surface area contributed by atoms with Crippen molar-refractivity contribution < 1.29 is 4.79 Å². The van der Waals surface area contributed by atoms with E-state index in [1.165, 1.54) is 18.4 Å². The maximum atomic E-state index is 12.3. The van der Waals surface area contributed by atoms with E-state index in [4.69, 9.17) is 0 Å². The summed E-state index contributed by atoms with van der Waals surface area (Å²) < 4.78 is 0.982. The van der Waals surface area contributed by atoms with Gasteiger partial charge in [-0.2, -0.15) is 0 Å². The maximum Gasteiger partial charge on any atom is 0.251 e. The van der Waals surface area contributed by atoms with Crippen LogP contribution in [0, 0.1) is 5.92 Å². The lowest BCUT2D eigenvalue weighted by Crippen LogP contribution is -2.29. The highest BCUT2D eigenvalue weighted by molar-refractivity contribution is 9.10. The highest BCUT2D eigenvalue weighted by Crippen LogP contribution is 2.41. The first kappa shape index (κ1) is 13.4. The normalized spacial score (nSPS) is 15.7. The molecule has 1 N–H and O–H groups in total. The zero-order chi connectivity index (χ0) is 13.9. The molecular formula is C17H16BrNO. The Morgan fingerprint density at radius 3 is 2.30 bits per heavy atom. The van der Waals surface area contributed by atoms with Gasteiger partial charge >= 0.3 is 0 Å². The van der Waals surface area contributed by atoms with Gasteiger partial charge in [0.2, 0.25) is 0 Å². The van der Waals surface area contributed by atoms with Gasteiger partial charge in [-0.1, -0.05) is 46.3 Å². The quantitative estimate of drug-likeness (QED) is 0.888. The molecule has 2 aromatic carbocycles. The van der Waals surface area contributed by atoms with Crippen LogP contribution in [0.25, 0.3) is 0 Å². The van der Waals surface area contributed by atoms with Gasteiger partial charge < -0.3 is 5.32 Å². The second-order valence-corrected chi connectivity index (χ2v) is 6.12. The minimum atomic E-state index is -0.00162. The lowest BCUT2D eigenvalue weighted by Gasteiger charge is -2.19. The number of carbonyl (C=O) groups excluding carboxylic acids is 1. The largest absolute Gasteiger partial charge is 0.345 e. The summed E-state index contributed by atoms with van der Waals surface area (Å²) in [5.74, 6) is 0.579. The average molecular weight is 330 g/mol. The summed E-state index contributed by atoms with van der Waals surface area (Å²) in [4.78, 5) is 12.3. The smallest absolute Gasteiger partial charge is 0.251 e. The molecule has 1 atom stereocenters. The molecular weight excluding hydrogens is 314 g/mol. The van der Waals surface area contributed by atoms with Crippen LogP contribution in [0.2, 0.25) is 0 Å². The van der Waals surface area contributed by atoms with Crippen molar-refractivity contribution in [3.63, 3.8) is 0 Å². The predicted molar refractivity (Wildman–Crippen MR) is 83.5 cm³/mol. The van der Waals surface area contributed by atoms with Gasteiger partial charge in [0.05, 0.1) is 6.04 Å². The third-order valence-corrected chi connectivity index (χ3v) is 4.17. The highest BCUT2D eigenvalue weighted by atomic mass is 79.9. The molecule has 1 saturated carbocycles. The fraction of sp³-hybridized carbons (Fsp3) is 0.235. The molecule has 1 fully saturated rings. The van der Waals surface area contributed by atoms with Crippen LogP contribution in [0.15, 0.2) is 59.1 Å². The van der Waals surface area contributed by atoms with Gasteiger partial charge in [0.1, 0.15) is 0 Å². The van der Waals surface area contributed by atoms with Crippen LogP contribution in [0.4, 0.5) is 0 Å². The van der Waals surface area contributed by atoms with Gasteiger partial charge in [0.25, 0.3) is 5.91 Å². The predicted octanol–water partition coefficient (Wildman–Crippen LogP) is 4.33. The molecule has 0 spiro atoms. The molecule has 1 amide bonds. The number of halogens is 1. The van der Waals surface area contributed by atoms with E-state index in [-0.39, 0.29) is 11.9 Å². The van der Waals surface area contributed by atoms with E-state index in [1.807, 2.05) is 42.5 Å². The van der Waals surface area contributed by atoms with Crippen molar-refractivity contribution in [2.45, 2.75) is 18.9 Å². The Labute approximate surface area is 127 Å². The van der Waals surface area contributed by atoms with Gasteiger partial charge in [0.15, 0.2) is 0 Å². The second kappa shape index (κ2) is 5.80. The van der Waals surface area contributed by atoms with Crippen LogP contribution in [0.1, 0.15) is 34.8 Å². The minimum absolute atomic E-state index is 0.00162. The second-order valence-electron chi connectivity index (χ2n) is 5.21. The Bertz CT molecular complexity index is 590. The van der Waals surface area contributed by atoms with E-state index in [0.717, 1.165) is 4.47 Å². The molecule has 0 unspecified atom stereocenters. The maximum absolute atomic E-state index is 12.3. The lowest BCUT2D eigenvalue weighted by molar-refractivity contribution is 0.0931. The van der Waals surface area contributed by atoms with Crippen LogP contribution in [-0.4, -0.2) is 5.91 Å². The summed E-state index contributed by atoms with van der Waals surface area (Å²) in [5.41, 5.74) is 1.90. The fourth-order valence-electron chi connectivity index (χ4n) is 2.39. The molecule has 2 aromatic rings. The number of amides is 1. The molecule has 1 aliphatic rings. The third kappa shape index (κ3) is 3.10. The van der Waals surface area contributed by atoms with Gasteiger partial charge in [-0.05, 0) is 48.6 Å². The number of benzene rings is 2. The number of rotatable bonds is 4. The first-order valence-corrected chi connectivity index (χ1v) is 7.65. The highest BCUT2D eigenvalue weighted by Gasteiger charge is 2.33. The summed E-state index contributed by atoms with van der Waals surface area (Å²) in [6, 6.07) is 17.8. The zero-order valence-corrected chi connectivity index (χ0v) is 12.6. The van der Waals surface area contributed by atoms with Crippen molar-refractivity contribution in [1.82, 2.24) is 5.32 Å². The van der Waals surface area contributed by atoms with Gasteiger partial charge in [-0.25, -0.2) is 0 Å². The zero-order valence-electron chi connectivity index (χ0n) is 11.1. The van der Waals surface area contributed by atoms with Crippen molar-refractivity contribution in [2.24, 2.45) is 5.92 Å². The van der Waals surface area contributed by atoms with Gasteiger partial charge in [-0.3, -0.25) is 4.79 Å². The van der Waals surface area contributed by atoms with E-state index in [0.29, 0.717) is 11.5 Å². The van der Waals surface area contributed by atoms with Crippen molar-refractivity contribution in [3.8, 4) is 0 Å². The van der Waals surface area contributed by atoms with Gasteiger partial charge in [0, 0.05) is 10.0 Å². The van der Waals surface area contributed by atoms with Crippen LogP contribution < -0.4 is 5.32 Å². The Morgan fingerprint density at radius 2 is 1.70 bits per heavy atom. The van der Waals surface area contributed by atoms with E-state index in [9.17, 15) is 4.79 Å². The topological polar surface area (TPSA) is 29.1 Å². The molecule has 0 aromatic heterocycles. The molecule has 0 radical (unpaired) electrons. The Morgan fingerprint density at radius 1 is 1.05 bits per heavy atom. The molecule has 20 heavy (non-hydrogen) atoms. The summed E-state index contributed by atoms with van der Waals surface area (Å²) in [7, 11) is 0. The first-order valence-electron chi connectivity index (χ1n) is 6.85. The van der Waals surface area contributed by atoms with E-state index in [2.05, 4.69) is 33.4 Å². The minimum Gasteiger partial charge on any atom is -0.345 e. The summed E-state index contributed by atoms with van der Waals surface area (Å²) in [6.45, 7) is 0. The molecule has 0 bridgehead atoms. The Kier molecular flexibility index (Phi) is 3.88. The van der Waals surface area contributed by atoms with Crippen molar-refractivity contribution >= 4 is 21.8 Å². The number of carbonyl (C=O) groups is 1. The average Bonchev–Trinajstić information content (AvgIpc) is 3.31. The SMILES string of the molecule is O=C(N[C@@H](c1ccccc1)C1CC1)c1ccc(Br)cc1. The van der Waals surface area contributed by atoms with E-state index in [1.54, 1.807) is 0 Å². The number of hydrogen-bond donors (Lipinski definition) is 1. The summed E-state index contributed by atoms with van der Waals surface area (Å²) in [5, 5.41) is 3.18. The molecule has 0 aliphatic heterocycles. The molecule has 2 nitrogen and oxygen atoms in total. The van der Waals surface area contributed by atoms with E-state index >= 15 is 0 Å². The number of hydrogen-bond acceptors (Lipinski definition) is 1. The third-order valence-electron chi connectivity index (χ3n) is 3.65. The molecule has 0 saturated heterocycles. The first-order chi connectivity index (χ1) is 9.74. The van der Waals surface area contributed by atoms with Crippen LogP contribution >= 0.6 is 15.9 Å². The van der Waals surface area contributed by atoms with Crippen LogP contribution in [0.5, 0.6) is 0 Å². The van der Waals surface area contributed by atoms with E-state index < -0.39 is 0 Å². The molecule has 1 aliphatic carbocycles. The van der Waals surface area contributed by atoms with Crippen molar-refractivity contribution in [3.05, 3.63) is 70.2 Å². The van der Waals surface area contributed by atoms with Crippen LogP contribution in [-0.2, 0) is 0 Å². The van der Waals surface area contributed by atoms with Crippen LogP contribution in [0.3, 0.4) is 0 Å². The molecule has 3 rings (SSSR count). The van der Waals surface area contributed by atoms with Crippen molar-refractivity contribution in [2.75, 3.05) is 0 Å². The number of nitrogens with one attached hydrogen (secondary N) is 1. The molecule has 0 heterocycles. The molecule has 3 heteroatoms. The fourth-order valence-corrected chi connectivity index (χ4v) is 2.65. The monoisotopic (exact) mass is 329 g/mol. The molecule has 102 valence electrons. The van der Waals surface area contributed by atoms with Gasteiger partial charge in [-0.15, -0.1) is 0 Å². The Hall–Kier alpha value is -1.61.